The van der Waals surface area contributed by atoms with Gasteiger partial charge in [0.2, 0.25) is 0 Å². The normalized spacial score (nSPS) is 28.4. The van der Waals surface area contributed by atoms with Crippen molar-refractivity contribution in [1.82, 2.24) is 5.32 Å². The van der Waals surface area contributed by atoms with E-state index in [2.05, 4.69) is 12.2 Å². The molecule has 0 amide bonds. The fraction of sp³-hybridized carbons (Fsp3) is 1.00. The van der Waals surface area contributed by atoms with Gasteiger partial charge in [-0.3, -0.25) is 0 Å². The Kier molecular flexibility index (Phi) is 4.20. The Bertz CT molecular complexity index is 139. The van der Waals surface area contributed by atoms with Gasteiger partial charge in [0.15, 0.2) is 0 Å². The summed E-state index contributed by atoms with van der Waals surface area (Å²) >= 11 is 0. The van der Waals surface area contributed by atoms with Crippen LogP contribution in [0.3, 0.4) is 0 Å². The zero-order chi connectivity index (χ0) is 9.73. The van der Waals surface area contributed by atoms with E-state index in [1.54, 1.807) is 0 Å². The van der Waals surface area contributed by atoms with Gasteiger partial charge in [0.25, 0.3) is 0 Å². The van der Waals surface area contributed by atoms with E-state index in [-0.39, 0.29) is 0 Å². The highest BCUT2D eigenvalue weighted by molar-refractivity contribution is 4.82. The number of aliphatic hydroxyl groups is 1. The molecule has 2 unspecified atom stereocenters. The Labute approximate surface area is 81.7 Å². The molecule has 0 aromatic rings. The molecule has 78 valence electrons. The number of hydrogen-bond acceptors (Lipinski definition) is 2. The summed E-state index contributed by atoms with van der Waals surface area (Å²) in [5.41, 5.74) is -0.455. The summed E-state index contributed by atoms with van der Waals surface area (Å²) in [5.74, 6) is 0. The molecule has 1 fully saturated rings. The van der Waals surface area contributed by atoms with Crippen LogP contribution in [0.1, 0.15) is 52.4 Å². The Balaban J connectivity index is 2.28. The summed E-state index contributed by atoms with van der Waals surface area (Å²) in [7, 11) is 0. The minimum atomic E-state index is -0.455. The van der Waals surface area contributed by atoms with Gasteiger partial charge in [-0.25, -0.2) is 0 Å². The molecule has 2 atom stereocenters. The minimum Gasteiger partial charge on any atom is -0.390 e. The maximum Gasteiger partial charge on any atom is 0.0634 e. The van der Waals surface area contributed by atoms with Crippen LogP contribution in [0.25, 0.3) is 0 Å². The van der Waals surface area contributed by atoms with Crippen molar-refractivity contribution in [3.8, 4) is 0 Å². The van der Waals surface area contributed by atoms with Crippen molar-refractivity contribution in [2.45, 2.75) is 64.0 Å². The van der Waals surface area contributed by atoms with Gasteiger partial charge in [-0.2, -0.15) is 0 Å². The van der Waals surface area contributed by atoms with Crippen LogP contribution < -0.4 is 5.32 Å². The number of rotatable bonds is 4. The maximum atomic E-state index is 10.0. The Hall–Kier alpha value is -0.0800. The summed E-state index contributed by atoms with van der Waals surface area (Å²) in [6, 6.07) is 0.551. The lowest BCUT2D eigenvalue weighted by atomic mass is 9.89. The third-order valence-electron chi connectivity index (χ3n) is 2.89. The van der Waals surface area contributed by atoms with Crippen LogP contribution >= 0.6 is 0 Å². The molecule has 1 heterocycles. The van der Waals surface area contributed by atoms with Crippen LogP contribution in [0.4, 0.5) is 0 Å². The summed E-state index contributed by atoms with van der Waals surface area (Å²) in [5, 5.41) is 13.5. The third kappa shape index (κ3) is 4.10. The van der Waals surface area contributed by atoms with E-state index in [1.165, 1.54) is 19.3 Å². The standard InChI is InChI=1S/C11H23NO/c1-3-7-11(2,13)9-10-6-4-5-8-12-10/h10,12-13H,3-9H2,1-2H3. The first-order valence-electron chi connectivity index (χ1n) is 5.60. The van der Waals surface area contributed by atoms with Crippen molar-refractivity contribution in [1.29, 1.82) is 0 Å². The summed E-state index contributed by atoms with van der Waals surface area (Å²) in [6.45, 7) is 5.22. The van der Waals surface area contributed by atoms with E-state index in [1.807, 2.05) is 6.92 Å². The third-order valence-corrected chi connectivity index (χ3v) is 2.89. The van der Waals surface area contributed by atoms with Crippen LogP contribution in [0.2, 0.25) is 0 Å². The molecule has 1 saturated heterocycles. The van der Waals surface area contributed by atoms with Gasteiger partial charge in [-0.15, -0.1) is 0 Å². The van der Waals surface area contributed by atoms with E-state index < -0.39 is 5.60 Å². The average molecular weight is 185 g/mol. The molecule has 1 aliphatic rings. The van der Waals surface area contributed by atoms with Crippen molar-refractivity contribution in [2.75, 3.05) is 6.54 Å². The van der Waals surface area contributed by atoms with Gasteiger partial charge in [0.1, 0.15) is 0 Å². The first-order valence-corrected chi connectivity index (χ1v) is 5.60. The zero-order valence-corrected chi connectivity index (χ0v) is 8.97. The summed E-state index contributed by atoms with van der Waals surface area (Å²) < 4.78 is 0. The second-order valence-electron chi connectivity index (χ2n) is 4.60. The van der Waals surface area contributed by atoms with Gasteiger partial charge < -0.3 is 10.4 Å². The van der Waals surface area contributed by atoms with Crippen LogP contribution in [0.15, 0.2) is 0 Å². The fourth-order valence-electron chi connectivity index (χ4n) is 2.27. The molecule has 13 heavy (non-hydrogen) atoms. The van der Waals surface area contributed by atoms with E-state index in [0.29, 0.717) is 6.04 Å². The molecule has 2 heteroatoms. The fourth-order valence-corrected chi connectivity index (χ4v) is 2.27. The smallest absolute Gasteiger partial charge is 0.0634 e. The van der Waals surface area contributed by atoms with E-state index in [4.69, 9.17) is 0 Å². The zero-order valence-electron chi connectivity index (χ0n) is 8.97. The molecule has 0 aromatic carbocycles. The Morgan fingerprint density at radius 1 is 1.46 bits per heavy atom. The first-order chi connectivity index (χ1) is 6.14. The first kappa shape index (κ1) is 11.0. The minimum absolute atomic E-state index is 0.455. The lowest BCUT2D eigenvalue weighted by Crippen LogP contribution is -2.40. The Morgan fingerprint density at radius 3 is 2.77 bits per heavy atom. The predicted octanol–water partition coefficient (Wildman–Crippen LogP) is 2.07. The number of piperidine rings is 1. The summed E-state index contributed by atoms with van der Waals surface area (Å²) in [6.07, 6.45) is 6.76. The van der Waals surface area contributed by atoms with Crippen LogP contribution in [-0.2, 0) is 0 Å². The van der Waals surface area contributed by atoms with Crippen LogP contribution in [0.5, 0.6) is 0 Å². The van der Waals surface area contributed by atoms with Gasteiger partial charge in [0.05, 0.1) is 5.60 Å². The van der Waals surface area contributed by atoms with Crippen molar-refractivity contribution in [3.05, 3.63) is 0 Å². The SMILES string of the molecule is CCCC(C)(O)CC1CCCCN1. The van der Waals surface area contributed by atoms with Gasteiger partial charge >= 0.3 is 0 Å². The molecule has 2 nitrogen and oxygen atoms in total. The van der Waals surface area contributed by atoms with E-state index in [0.717, 1.165) is 25.8 Å². The maximum absolute atomic E-state index is 10.0. The lowest BCUT2D eigenvalue weighted by Gasteiger charge is -2.31. The molecule has 0 aliphatic carbocycles. The van der Waals surface area contributed by atoms with Gasteiger partial charge in [-0.1, -0.05) is 19.8 Å². The van der Waals surface area contributed by atoms with E-state index in [9.17, 15) is 5.11 Å². The molecule has 1 aliphatic heterocycles. The van der Waals surface area contributed by atoms with Gasteiger partial charge in [0, 0.05) is 6.04 Å². The molecular weight excluding hydrogens is 162 g/mol. The lowest BCUT2D eigenvalue weighted by molar-refractivity contribution is 0.0278. The second-order valence-corrected chi connectivity index (χ2v) is 4.60. The van der Waals surface area contributed by atoms with Crippen LogP contribution in [-0.4, -0.2) is 23.3 Å². The van der Waals surface area contributed by atoms with Crippen molar-refractivity contribution >= 4 is 0 Å². The molecule has 0 spiro atoms. The second kappa shape index (κ2) is 4.97. The molecular formula is C11H23NO. The Morgan fingerprint density at radius 2 is 2.23 bits per heavy atom. The largest absolute Gasteiger partial charge is 0.390 e. The molecule has 2 N–H and O–H groups in total. The van der Waals surface area contributed by atoms with Crippen molar-refractivity contribution in [3.63, 3.8) is 0 Å². The highest BCUT2D eigenvalue weighted by atomic mass is 16.3. The number of nitrogens with one attached hydrogen (secondary N) is 1. The topological polar surface area (TPSA) is 32.3 Å². The summed E-state index contributed by atoms with van der Waals surface area (Å²) in [4.78, 5) is 0. The molecule has 1 rings (SSSR count). The quantitative estimate of drug-likeness (QED) is 0.702. The molecule has 0 aromatic heterocycles. The molecule has 0 radical (unpaired) electrons. The van der Waals surface area contributed by atoms with Crippen LogP contribution in [0, 0.1) is 0 Å². The highest BCUT2D eigenvalue weighted by Crippen LogP contribution is 2.22. The highest BCUT2D eigenvalue weighted by Gasteiger charge is 2.25. The monoisotopic (exact) mass is 185 g/mol. The number of hydrogen-bond donors (Lipinski definition) is 2. The predicted molar refractivity (Wildman–Crippen MR) is 55.8 cm³/mol. The van der Waals surface area contributed by atoms with E-state index >= 15 is 0 Å². The average Bonchev–Trinajstić information content (AvgIpc) is 2.04. The van der Waals surface area contributed by atoms with Crippen molar-refractivity contribution in [2.24, 2.45) is 0 Å². The molecule has 0 bridgehead atoms. The van der Waals surface area contributed by atoms with Crippen molar-refractivity contribution < 1.29 is 5.11 Å². The van der Waals surface area contributed by atoms with Gasteiger partial charge in [-0.05, 0) is 39.2 Å². The molecule has 0 saturated carbocycles.